The summed E-state index contributed by atoms with van der Waals surface area (Å²) in [6, 6.07) is 9.93. The Labute approximate surface area is 121 Å². The van der Waals surface area contributed by atoms with Crippen molar-refractivity contribution in [3.05, 3.63) is 35.9 Å². The third-order valence-electron chi connectivity index (χ3n) is 4.42. The third-order valence-corrected chi connectivity index (χ3v) is 4.42. The van der Waals surface area contributed by atoms with Gasteiger partial charge < -0.3 is 4.90 Å². The summed E-state index contributed by atoms with van der Waals surface area (Å²) >= 11 is 0. The first-order valence-corrected chi connectivity index (χ1v) is 7.09. The van der Waals surface area contributed by atoms with Gasteiger partial charge in [0.2, 0.25) is 0 Å². The number of nitrogens with zero attached hydrogens (tertiary/aromatic N) is 2. The van der Waals surface area contributed by atoms with Crippen molar-refractivity contribution in [3.63, 3.8) is 0 Å². The molecule has 2 heterocycles. The number of carbonyl (C=O) groups excluding carboxylic acids is 1. The van der Waals surface area contributed by atoms with Gasteiger partial charge in [-0.1, -0.05) is 30.3 Å². The van der Waals surface area contributed by atoms with Crippen molar-refractivity contribution in [2.75, 3.05) is 19.6 Å². The van der Waals surface area contributed by atoms with Crippen LogP contribution in [0.4, 0.5) is 13.2 Å². The summed E-state index contributed by atoms with van der Waals surface area (Å²) in [5.74, 6) is -1.53. The van der Waals surface area contributed by atoms with E-state index in [2.05, 4.69) is 4.90 Å². The summed E-state index contributed by atoms with van der Waals surface area (Å²) in [6.45, 7) is 2.04. The Balaban J connectivity index is 1.65. The van der Waals surface area contributed by atoms with Gasteiger partial charge in [-0.3, -0.25) is 9.69 Å². The molecule has 1 amide bonds. The van der Waals surface area contributed by atoms with Gasteiger partial charge in [0.25, 0.3) is 0 Å². The Kier molecular flexibility index (Phi) is 3.65. The molecule has 114 valence electrons. The van der Waals surface area contributed by atoms with Crippen LogP contribution in [0.25, 0.3) is 0 Å². The maximum Gasteiger partial charge on any atom is 0.471 e. The molecule has 3 nitrogen and oxygen atoms in total. The van der Waals surface area contributed by atoms with Gasteiger partial charge in [-0.2, -0.15) is 13.2 Å². The second kappa shape index (κ2) is 5.33. The number of hydrogen-bond donors (Lipinski definition) is 0. The van der Waals surface area contributed by atoms with Crippen LogP contribution < -0.4 is 0 Å². The van der Waals surface area contributed by atoms with Gasteiger partial charge in [0.1, 0.15) is 0 Å². The van der Waals surface area contributed by atoms with Crippen LogP contribution in [0.5, 0.6) is 0 Å². The van der Waals surface area contributed by atoms with Crippen LogP contribution in [0.2, 0.25) is 0 Å². The molecule has 2 aliphatic rings. The standard InChI is InChI=1S/C15H17F3N2O/c16-15(17,18)14(21)20-9-12-6-7-19(13(12)10-20)8-11-4-2-1-3-5-11/h1-5,12-13H,6-10H2/t12-,13+/m0/s1. The van der Waals surface area contributed by atoms with E-state index in [4.69, 9.17) is 0 Å². The number of amides is 1. The molecule has 0 bridgehead atoms. The van der Waals surface area contributed by atoms with Gasteiger partial charge in [-0.25, -0.2) is 0 Å². The van der Waals surface area contributed by atoms with Gasteiger partial charge in [0, 0.05) is 25.7 Å². The Morgan fingerprint density at radius 1 is 1.19 bits per heavy atom. The first-order valence-electron chi connectivity index (χ1n) is 7.09. The minimum atomic E-state index is -4.76. The minimum Gasteiger partial charge on any atom is -0.333 e. The lowest BCUT2D eigenvalue weighted by atomic mass is 10.0. The van der Waals surface area contributed by atoms with E-state index < -0.39 is 12.1 Å². The van der Waals surface area contributed by atoms with Crippen LogP contribution in [-0.2, 0) is 11.3 Å². The van der Waals surface area contributed by atoms with Crippen molar-refractivity contribution in [1.82, 2.24) is 9.80 Å². The molecule has 0 N–H and O–H groups in total. The Hall–Kier alpha value is -1.56. The van der Waals surface area contributed by atoms with Gasteiger partial charge >= 0.3 is 12.1 Å². The molecule has 2 atom stereocenters. The number of likely N-dealkylation sites (tertiary alicyclic amines) is 2. The highest BCUT2D eigenvalue weighted by Gasteiger charge is 2.49. The zero-order chi connectivity index (χ0) is 15.0. The Morgan fingerprint density at radius 2 is 1.90 bits per heavy atom. The highest BCUT2D eigenvalue weighted by atomic mass is 19.4. The molecule has 0 spiro atoms. The van der Waals surface area contributed by atoms with E-state index in [1.54, 1.807) is 0 Å². The number of halogens is 3. The van der Waals surface area contributed by atoms with Gasteiger partial charge in [-0.05, 0) is 24.4 Å². The fraction of sp³-hybridized carbons (Fsp3) is 0.533. The molecule has 2 fully saturated rings. The molecule has 2 aliphatic heterocycles. The second-order valence-electron chi connectivity index (χ2n) is 5.78. The highest BCUT2D eigenvalue weighted by Crippen LogP contribution is 2.34. The van der Waals surface area contributed by atoms with E-state index in [1.165, 1.54) is 0 Å². The smallest absolute Gasteiger partial charge is 0.333 e. The summed E-state index contributed by atoms with van der Waals surface area (Å²) in [5, 5.41) is 0. The predicted octanol–water partition coefficient (Wildman–Crippen LogP) is 2.28. The number of benzene rings is 1. The number of alkyl halides is 3. The van der Waals surface area contributed by atoms with Gasteiger partial charge in [0.15, 0.2) is 0 Å². The van der Waals surface area contributed by atoms with Crippen molar-refractivity contribution in [2.45, 2.75) is 25.2 Å². The van der Waals surface area contributed by atoms with Crippen molar-refractivity contribution < 1.29 is 18.0 Å². The minimum absolute atomic E-state index is 0.0523. The Bertz CT molecular complexity index is 517. The van der Waals surface area contributed by atoms with Crippen molar-refractivity contribution in [1.29, 1.82) is 0 Å². The van der Waals surface area contributed by atoms with Crippen LogP contribution in [-0.4, -0.2) is 47.6 Å². The lowest BCUT2D eigenvalue weighted by Crippen LogP contribution is -2.42. The lowest BCUT2D eigenvalue weighted by Gasteiger charge is -2.25. The van der Waals surface area contributed by atoms with Gasteiger partial charge in [-0.15, -0.1) is 0 Å². The topological polar surface area (TPSA) is 23.6 Å². The molecule has 0 radical (unpaired) electrons. The monoisotopic (exact) mass is 298 g/mol. The molecule has 6 heteroatoms. The lowest BCUT2D eigenvalue weighted by molar-refractivity contribution is -0.184. The number of fused-ring (bicyclic) bond motifs is 1. The average Bonchev–Trinajstić information content (AvgIpc) is 3.00. The molecule has 0 aromatic heterocycles. The third kappa shape index (κ3) is 2.90. The summed E-state index contributed by atoms with van der Waals surface area (Å²) in [7, 11) is 0. The zero-order valence-corrected chi connectivity index (χ0v) is 11.5. The first-order chi connectivity index (χ1) is 9.95. The van der Waals surface area contributed by atoms with Crippen LogP contribution in [0.3, 0.4) is 0 Å². The van der Waals surface area contributed by atoms with E-state index in [0.717, 1.165) is 30.0 Å². The van der Waals surface area contributed by atoms with E-state index in [9.17, 15) is 18.0 Å². The normalized spacial score (nSPS) is 26.1. The maximum atomic E-state index is 12.5. The summed E-state index contributed by atoms with van der Waals surface area (Å²) in [4.78, 5) is 14.5. The molecular weight excluding hydrogens is 281 g/mol. The van der Waals surface area contributed by atoms with Crippen LogP contribution in [0.1, 0.15) is 12.0 Å². The van der Waals surface area contributed by atoms with Crippen LogP contribution in [0.15, 0.2) is 30.3 Å². The molecule has 0 unspecified atom stereocenters. The quantitative estimate of drug-likeness (QED) is 0.836. The largest absolute Gasteiger partial charge is 0.471 e. The summed E-state index contributed by atoms with van der Waals surface area (Å²) in [6.07, 6.45) is -3.90. The molecule has 3 rings (SSSR count). The number of rotatable bonds is 2. The fourth-order valence-electron chi connectivity index (χ4n) is 3.41. The maximum absolute atomic E-state index is 12.5. The van der Waals surface area contributed by atoms with E-state index in [0.29, 0.717) is 0 Å². The molecule has 0 saturated carbocycles. The first kappa shape index (κ1) is 14.4. The molecule has 0 aliphatic carbocycles. The number of carbonyl (C=O) groups is 1. The molecule has 2 saturated heterocycles. The fourth-order valence-corrected chi connectivity index (χ4v) is 3.41. The SMILES string of the molecule is O=C(N1C[C@@H]2CCN(Cc3ccccc3)[C@@H]2C1)C(F)(F)F. The van der Waals surface area contributed by atoms with Crippen LogP contribution >= 0.6 is 0 Å². The van der Waals surface area contributed by atoms with Crippen LogP contribution in [0, 0.1) is 5.92 Å². The van der Waals surface area contributed by atoms with Crippen molar-refractivity contribution in [3.8, 4) is 0 Å². The molecule has 1 aromatic rings. The van der Waals surface area contributed by atoms with Gasteiger partial charge in [0.05, 0.1) is 0 Å². The van der Waals surface area contributed by atoms with E-state index in [1.807, 2.05) is 30.3 Å². The number of hydrogen-bond acceptors (Lipinski definition) is 2. The molecule has 21 heavy (non-hydrogen) atoms. The van der Waals surface area contributed by atoms with Crippen molar-refractivity contribution in [2.24, 2.45) is 5.92 Å². The summed E-state index contributed by atoms with van der Waals surface area (Å²) < 4.78 is 37.5. The Morgan fingerprint density at radius 3 is 2.57 bits per heavy atom. The predicted molar refractivity (Wildman–Crippen MR) is 71.4 cm³/mol. The average molecular weight is 298 g/mol. The highest BCUT2D eigenvalue weighted by molar-refractivity contribution is 5.82. The van der Waals surface area contributed by atoms with E-state index in [-0.39, 0.29) is 25.0 Å². The van der Waals surface area contributed by atoms with E-state index >= 15 is 0 Å². The summed E-state index contributed by atoms with van der Waals surface area (Å²) in [5.41, 5.74) is 1.15. The zero-order valence-electron chi connectivity index (χ0n) is 11.5. The molecule has 1 aromatic carbocycles. The second-order valence-corrected chi connectivity index (χ2v) is 5.78. The molecular formula is C15H17F3N2O. The van der Waals surface area contributed by atoms with Crippen molar-refractivity contribution >= 4 is 5.91 Å².